The van der Waals surface area contributed by atoms with Crippen molar-refractivity contribution < 1.29 is 22.7 Å². The third-order valence-electron chi connectivity index (χ3n) is 7.15. The first-order valence-electron chi connectivity index (χ1n) is 12.5. The zero-order chi connectivity index (χ0) is 24.4. The predicted molar refractivity (Wildman–Crippen MR) is 133 cm³/mol. The van der Waals surface area contributed by atoms with Crippen LogP contribution in [0.2, 0.25) is 0 Å². The molecule has 1 N–H and O–H groups in total. The summed E-state index contributed by atoms with van der Waals surface area (Å²) in [7, 11) is -3.47. The van der Waals surface area contributed by atoms with Crippen LogP contribution in [-0.4, -0.2) is 62.4 Å². The molecule has 35 heavy (non-hydrogen) atoms. The standard InChI is InChI=1S/C26H33N3O5S/c1-19(26(30)27-21-8-10-22(11-9-21)35(31,32)28-13-2-3-14-28)29-15-4-6-23(29)20-7-12-24-25(18-20)34-17-5-16-33-24/h7-12,18-19,23H,2-6,13-17H2,1H3,(H,27,30). The second kappa shape index (κ2) is 10.2. The molecule has 0 aliphatic carbocycles. The molecule has 3 aliphatic rings. The van der Waals surface area contributed by atoms with Crippen LogP contribution in [0.1, 0.15) is 50.6 Å². The van der Waals surface area contributed by atoms with Gasteiger partial charge in [0.2, 0.25) is 15.9 Å². The fourth-order valence-corrected chi connectivity index (χ4v) is 6.70. The van der Waals surface area contributed by atoms with Crippen LogP contribution in [0.5, 0.6) is 11.5 Å². The first-order valence-corrected chi connectivity index (χ1v) is 13.9. The lowest BCUT2D eigenvalue weighted by Gasteiger charge is -2.30. The summed E-state index contributed by atoms with van der Waals surface area (Å²) in [6.07, 6.45) is 4.64. The lowest BCUT2D eigenvalue weighted by atomic mass is 10.0. The molecule has 0 aromatic heterocycles. The molecule has 188 valence electrons. The first-order chi connectivity index (χ1) is 16.9. The van der Waals surface area contributed by atoms with E-state index in [4.69, 9.17) is 9.47 Å². The van der Waals surface area contributed by atoms with Gasteiger partial charge in [-0.05, 0) is 81.1 Å². The Labute approximate surface area is 207 Å². The third kappa shape index (κ3) is 5.03. The van der Waals surface area contributed by atoms with Gasteiger partial charge in [0.15, 0.2) is 11.5 Å². The Balaban J connectivity index is 1.25. The number of amides is 1. The average molecular weight is 500 g/mol. The fourth-order valence-electron chi connectivity index (χ4n) is 5.18. The summed E-state index contributed by atoms with van der Waals surface area (Å²) in [6.45, 7) is 5.19. The van der Waals surface area contributed by atoms with Gasteiger partial charge >= 0.3 is 0 Å². The number of nitrogens with one attached hydrogen (secondary N) is 1. The number of ether oxygens (including phenoxy) is 2. The van der Waals surface area contributed by atoms with E-state index in [2.05, 4.69) is 16.3 Å². The van der Waals surface area contributed by atoms with E-state index in [1.165, 1.54) is 4.31 Å². The van der Waals surface area contributed by atoms with Gasteiger partial charge in [0, 0.05) is 31.2 Å². The Bertz CT molecular complexity index is 1160. The molecule has 2 fully saturated rings. The number of likely N-dealkylation sites (tertiary alicyclic amines) is 1. The highest BCUT2D eigenvalue weighted by Gasteiger charge is 2.34. The van der Waals surface area contributed by atoms with Crippen LogP contribution in [0.15, 0.2) is 47.4 Å². The molecule has 9 heteroatoms. The largest absolute Gasteiger partial charge is 0.490 e. The van der Waals surface area contributed by atoms with E-state index in [1.807, 2.05) is 19.1 Å². The predicted octanol–water partition coefficient (Wildman–Crippen LogP) is 3.80. The van der Waals surface area contributed by atoms with E-state index < -0.39 is 10.0 Å². The Hall–Kier alpha value is -2.62. The van der Waals surface area contributed by atoms with Crippen LogP contribution in [0.25, 0.3) is 0 Å². The summed E-state index contributed by atoms with van der Waals surface area (Å²) < 4.78 is 38.6. The van der Waals surface area contributed by atoms with Crippen molar-refractivity contribution in [2.24, 2.45) is 0 Å². The maximum absolute atomic E-state index is 13.1. The fraction of sp³-hybridized carbons (Fsp3) is 0.500. The van der Waals surface area contributed by atoms with Gasteiger partial charge in [0.1, 0.15) is 0 Å². The zero-order valence-corrected chi connectivity index (χ0v) is 20.9. The van der Waals surface area contributed by atoms with Crippen LogP contribution >= 0.6 is 0 Å². The molecule has 1 amide bonds. The van der Waals surface area contributed by atoms with Crippen molar-refractivity contribution in [3.8, 4) is 11.5 Å². The van der Waals surface area contributed by atoms with Gasteiger partial charge in [-0.1, -0.05) is 6.07 Å². The molecule has 2 atom stereocenters. The minimum Gasteiger partial charge on any atom is -0.490 e. The number of rotatable bonds is 6. The van der Waals surface area contributed by atoms with Gasteiger partial charge in [-0.3, -0.25) is 9.69 Å². The number of fused-ring (bicyclic) bond motifs is 1. The van der Waals surface area contributed by atoms with Gasteiger partial charge < -0.3 is 14.8 Å². The third-order valence-corrected chi connectivity index (χ3v) is 9.06. The number of benzene rings is 2. The smallest absolute Gasteiger partial charge is 0.243 e. The Kier molecular flexibility index (Phi) is 7.00. The van der Waals surface area contributed by atoms with Gasteiger partial charge in [0.25, 0.3) is 0 Å². The topological polar surface area (TPSA) is 88.2 Å². The molecule has 8 nitrogen and oxygen atoms in total. The highest BCUT2D eigenvalue weighted by atomic mass is 32.2. The molecule has 0 radical (unpaired) electrons. The number of hydrogen-bond donors (Lipinski definition) is 1. The summed E-state index contributed by atoms with van der Waals surface area (Å²) in [5.41, 5.74) is 1.72. The van der Waals surface area contributed by atoms with Gasteiger partial charge in [-0.25, -0.2) is 8.42 Å². The first kappa shape index (κ1) is 24.1. The molecule has 2 unspecified atom stereocenters. The Morgan fingerprint density at radius 2 is 1.66 bits per heavy atom. The van der Waals surface area contributed by atoms with Crippen molar-refractivity contribution in [2.45, 2.75) is 56.0 Å². The second-order valence-corrected chi connectivity index (χ2v) is 11.4. The van der Waals surface area contributed by atoms with E-state index in [-0.39, 0.29) is 22.9 Å². The molecule has 5 rings (SSSR count). The van der Waals surface area contributed by atoms with E-state index in [1.54, 1.807) is 24.3 Å². The minimum atomic E-state index is -3.47. The normalized spacial score (nSPS) is 22.0. The second-order valence-electron chi connectivity index (χ2n) is 9.45. The molecule has 0 bridgehead atoms. The van der Waals surface area contributed by atoms with Crippen molar-refractivity contribution in [3.63, 3.8) is 0 Å². The highest BCUT2D eigenvalue weighted by Crippen LogP contribution is 2.39. The molecule has 3 aliphatic heterocycles. The van der Waals surface area contributed by atoms with Crippen molar-refractivity contribution >= 4 is 21.6 Å². The SMILES string of the molecule is CC(C(=O)Nc1ccc(S(=O)(=O)N2CCCC2)cc1)N1CCCC1c1ccc2c(c1)OCCCO2. The average Bonchev–Trinajstić information content (AvgIpc) is 3.53. The van der Waals surface area contributed by atoms with Gasteiger partial charge in [0.05, 0.1) is 24.2 Å². The van der Waals surface area contributed by atoms with Crippen LogP contribution in [0.3, 0.4) is 0 Å². The van der Waals surface area contributed by atoms with Crippen molar-refractivity contribution in [1.29, 1.82) is 0 Å². The molecule has 0 saturated carbocycles. The minimum absolute atomic E-state index is 0.110. The van der Waals surface area contributed by atoms with Crippen molar-refractivity contribution in [1.82, 2.24) is 9.21 Å². The molecule has 2 aromatic rings. The Morgan fingerprint density at radius 3 is 2.40 bits per heavy atom. The lowest BCUT2D eigenvalue weighted by molar-refractivity contribution is -0.121. The van der Waals surface area contributed by atoms with E-state index in [0.717, 1.165) is 55.7 Å². The van der Waals surface area contributed by atoms with Crippen molar-refractivity contribution in [3.05, 3.63) is 48.0 Å². The summed E-state index contributed by atoms with van der Waals surface area (Å²) in [6, 6.07) is 12.3. The van der Waals surface area contributed by atoms with Crippen molar-refractivity contribution in [2.75, 3.05) is 38.2 Å². The van der Waals surface area contributed by atoms with E-state index in [9.17, 15) is 13.2 Å². The highest BCUT2D eigenvalue weighted by molar-refractivity contribution is 7.89. The summed E-state index contributed by atoms with van der Waals surface area (Å²) in [5, 5.41) is 2.96. The molecule has 2 saturated heterocycles. The number of sulfonamides is 1. The summed E-state index contributed by atoms with van der Waals surface area (Å²) in [5.74, 6) is 1.44. The zero-order valence-electron chi connectivity index (χ0n) is 20.1. The summed E-state index contributed by atoms with van der Waals surface area (Å²) >= 11 is 0. The molecular formula is C26H33N3O5S. The van der Waals surface area contributed by atoms with E-state index >= 15 is 0 Å². The van der Waals surface area contributed by atoms with Gasteiger partial charge in [-0.2, -0.15) is 4.31 Å². The number of hydrogen-bond acceptors (Lipinski definition) is 6. The molecule has 2 aromatic carbocycles. The summed E-state index contributed by atoms with van der Waals surface area (Å²) in [4.78, 5) is 15.6. The van der Waals surface area contributed by atoms with Crippen LogP contribution < -0.4 is 14.8 Å². The number of carbonyl (C=O) groups excluding carboxylic acids is 1. The van der Waals surface area contributed by atoms with Crippen LogP contribution in [-0.2, 0) is 14.8 Å². The molecule has 0 spiro atoms. The molecule has 3 heterocycles. The lowest BCUT2D eigenvalue weighted by Crippen LogP contribution is -2.41. The monoisotopic (exact) mass is 499 g/mol. The number of anilines is 1. The number of nitrogens with zero attached hydrogens (tertiary/aromatic N) is 2. The molecular weight excluding hydrogens is 466 g/mol. The van der Waals surface area contributed by atoms with Crippen LogP contribution in [0, 0.1) is 0 Å². The maximum atomic E-state index is 13.1. The van der Waals surface area contributed by atoms with Gasteiger partial charge in [-0.15, -0.1) is 0 Å². The number of carbonyl (C=O) groups is 1. The van der Waals surface area contributed by atoms with Crippen LogP contribution in [0.4, 0.5) is 5.69 Å². The maximum Gasteiger partial charge on any atom is 0.243 e. The quantitative estimate of drug-likeness (QED) is 0.651. The Morgan fingerprint density at radius 1 is 0.943 bits per heavy atom. The van der Waals surface area contributed by atoms with E-state index in [0.29, 0.717) is 32.0 Å².